The van der Waals surface area contributed by atoms with Gasteiger partial charge in [-0.1, -0.05) is 57.9 Å². The zero-order valence-electron chi connectivity index (χ0n) is 14.2. The highest BCUT2D eigenvalue weighted by Crippen LogP contribution is 2.12. The zero-order valence-corrected chi connectivity index (χ0v) is 14.2. The van der Waals surface area contributed by atoms with Crippen LogP contribution >= 0.6 is 0 Å². The molecule has 0 saturated heterocycles. The van der Waals surface area contributed by atoms with E-state index in [1.165, 1.54) is 25.7 Å². The second-order valence-electron chi connectivity index (χ2n) is 6.00. The molecule has 22 heavy (non-hydrogen) atoms. The quantitative estimate of drug-likeness (QED) is 0.125. The average Bonchev–Trinajstić information content (AvgIpc) is 2.50. The van der Waals surface area contributed by atoms with Crippen molar-refractivity contribution in [2.45, 2.75) is 96.4 Å². The van der Waals surface area contributed by atoms with Gasteiger partial charge >= 0.3 is 0 Å². The van der Waals surface area contributed by atoms with E-state index in [0.717, 1.165) is 51.2 Å². The van der Waals surface area contributed by atoms with E-state index in [9.17, 15) is 14.9 Å². The molecule has 0 N–H and O–H groups in total. The second-order valence-corrected chi connectivity index (χ2v) is 6.00. The minimum atomic E-state index is -0.513. The maximum absolute atomic E-state index is 11.0. The SMILES string of the molecule is CCCCCCCCC(/C=C\CCCCCCC=O)[N+](=O)[O-]. The predicted octanol–water partition coefficient (Wildman–Crippen LogP) is 5.48. The van der Waals surface area contributed by atoms with Crippen molar-refractivity contribution in [3.63, 3.8) is 0 Å². The Morgan fingerprint density at radius 2 is 1.50 bits per heavy atom. The van der Waals surface area contributed by atoms with Gasteiger partial charge in [-0.15, -0.1) is 0 Å². The molecule has 1 unspecified atom stereocenters. The molecule has 0 aromatic carbocycles. The molecule has 0 saturated carbocycles. The lowest BCUT2D eigenvalue weighted by Gasteiger charge is -2.05. The van der Waals surface area contributed by atoms with Crippen molar-refractivity contribution in [1.82, 2.24) is 0 Å². The van der Waals surface area contributed by atoms with Crippen molar-refractivity contribution in [2.75, 3.05) is 0 Å². The van der Waals surface area contributed by atoms with Crippen LogP contribution in [0.1, 0.15) is 90.4 Å². The van der Waals surface area contributed by atoms with Crippen LogP contribution in [0.4, 0.5) is 0 Å². The Kier molecular flexibility index (Phi) is 15.3. The molecule has 0 bridgehead atoms. The molecule has 0 aromatic rings. The Labute approximate surface area is 135 Å². The Morgan fingerprint density at radius 1 is 0.909 bits per heavy atom. The Morgan fingerprint density at radius 3 is 2.14 bits per heavy atom. The highest BCUT2D eigenvalue weighted by molar-refractivity contribution is 5.48. The first-order chi connectivity index (χ1) is 10.7. The van der Waals surface area contributed by atoms with Gasteiger partial charge in [0.2, 0.25) is 6.04 Å². The van der Waals surface area contributed by atoms with E-state index in [0.29, 0.717) is 12.8 Å². The Hall–Kier alpha value is -1.19. The minimum Gasteiger partial charge on any atom is -0.303 e. The average molecular weight is 311 g/mol. The van der Waals surface area contributed by atoms with E-state index in [-0.39, 0.29) is 4.92 Å². The molecule has 0 amide bonds. The van der Waals surface area contributed by atoms with E-state index in [1.807, 2.05) is 6.08 Å². The first-order valence-electron chi connectivity index (χ1n) is 8.96. The highest BCUT2D eigenvalue weighted by Gasteiger charge is 2.14. The highest BCUT2D eigenvalue weighted by atomic mass is 16.6. The van der Waals surface area contributed by atoms with Gasteiger partial charge in [-0.25, -0.2) is 0 Å². The third-order valence-electron chi connectivity index (χ3n) is 3.93. The van der Waals surface area contributed by atoms with Crippen LogP contribution < -0.4 is 0 Å². The first kappa shape index (κ1) is 20.8. The van der Waals surface area contributed by atoms with Crippen LogP contribution in [0.5, 0.6) is 0 Å². The molecule has 0 heterocycles. The first-order valence-corrected chi connectivity index (χ1v) is 8.96. The fourth-order valence-corrected chi connectivity index (χ4v) is 2.50. The summed E-state index contributed by atoms with van der Waals surface area (Å²) in [4.78, 5) is 21.0. The van der Waals surface area contributed by atoms with Gasteiger partial charge in [0, 0.05) is 17.8 Å². The van der Waals surface area contributed by atoms with Crippen molar-refractivity contribution < 1.29 is 9.72 Å². The summed E-state index contributed by atoms with van der Waals surface area (Å²) >= 11 is 0. The van der Waals surface area contributed by atoms with E-state index >= 15 is 0 Å². The lowest BCUT2D eigenvalue weighted by Crippen LogP contribution is -2.16. The molecule has 0 fully saturated rings. The predicted molar refractivity (Wildman–Crippen MR) is 91.7 cm³/mol. The van der Waals surface area contributed by atoms with Gasteiger partial charge in [-0.05, 0) is 31.8 Å². The lowest BCUT2D eigenvalue weighted by molar-refractivity contribution is -0.510. The summed E-state index contributed by atoms with van der Waals surface area (Å²) in [5, 5.41) is 11.0. The number of carbonyl (C=O) groups is 1. The molecule has 1 atom stereocenters. The van der Waals surface area contributed by atoms with Crippen molar-refractivity contribution in [3.8, 4) is 0 Å². The zero-order chi connectivity index (χ0) is 16.5. The summed E-state index contributed by atoms with van der Waals surface area (Å²) in [5.41, 5.74) is 0. The minimum absolute atomic E-state index is 0.160. The second kappa shape index (κ2) is 16.2. The van der Waals surface area contributed by atoms with Crippen LogP contribution in [0.3, 0.4) is 0 Å². The van der Waals surface area contributed by atoms with Crippen molar-refractivity contribution in [3.05, 3.63) is 22.3 Å². The summed E-state index contributed by atoms with van der Waals surface area (Å²) in [7, 11) is 0. The summed E-state index contributed by atoms with van der Waals surface area (Å²) < 4.78 is 0. The Bertz CT molecular complexity index is 303. The standard InChI is InChI=1S/C18H33NO3/c1-2-3-4-5-9-12-15-18(19(21)22)16-13-10-7-6-8-11-14-17-20/h13,16-18H,2-12,14-15H2,1H3/b16-13-. The van der Waals surface area contributed by atoms with E-state index in [2.05, 4.69) is 6.92 Å². The normalized spacial score (nSPS) is 12.6. The van der Waals surface area contributed by atoms with E-state index in [1.54, 1.807) is 6.08 Å². The molecule has 0 aliphatic heterocycles. The van der Waals surface area contributed by atoms with Crippen molar-refractivity contribution in [1.29, 1.82) is 0 Å². The summed E-state index contributed by atoms with van der Waals surface area (Å²) in [6.07, 6.45) is 18.1. The molecule has 128 valence electrons. The number of nitro groups is 1. The van der Waals surface area contributed by atoms with Gasteiger partial charge in [-0.3, -0.25) is 10.1 Å². The number of carbonyl (C=O) groups excluding carboxylic acids is 1. The summed E-state index contributed by atoms with van der Waals surface area (Å²) in [6, 6.07) is -0.513. The summed E-state index contributed by atoms with van der Waals surface area (Å²) in [5.74, 6) is 0. The fourth-order valence-electron chi connectivity index (χ4n) is 2.50. The molecule has 4 heteroatoms. The number of hydrogen-bond donors (Lipinski definition) is 0. The third-order valence-corrected chi connectivity index (χ3v) is 3.93. The van der Waals surface area contributed by atoms with Gasteiger partial charge in [0.05, 0.1) is 0 Å². The molecule has 0 spiro atoms. The van der Waals surface area contributed by atoms with Crippen LogP contribution in [0.25, 0.3) is 0 Å². The Balaban J connectivity index is 3.68. The van der Waals surface area contributed by atoms with Crippen LogP contribution in [-0.4, -0.2) is 17.3 Å². The van der Waals surface area contributed by atoms with Gasteiger partial charge in [-0.2, -0.15) is 0 Å². The van der Waals surface area contributed by atoms with Gasteiger partial charge in [0.25, 0.3) is 0 Å². The van der Waals surface area contributed by atoms with Gasteiger partial charge in [0.15, 0.2) is 0 Å². The van der Waals surface area contributed by atoms with E-state index < -0.39 is 6.04 Å². The summed E-state index contributed by atoms with van der Waals surface area (Å²) in [6.45, 7) is 2.19. The molecule has 0 aliphatic carbocycles. The number of nitrogens with zero attached hydrogens (tertiary/aromatic N) is 1. The topological polar surface area (TPSA) is 60.2 Å². The van der Waals surface area contributed by atoms with Gasteiger partial charge < -0.3 is 4.79 Å². The monoisotopic (exact) mass is 311 g/mol. The van der Waals surface area contributed by atoms with Crippen LogP contribution in [-0.2, 0) is 4.79 Å². The maximum Gasteiger partial charge on any atom is 0.231 e. The van der Waals surface area contributed by atoms with Gasteiger partial charge in [0.1, 0.15) is 6.29 Å². The van der Waals surface area contributed by atoms with Crippen molar-refractivity contribution >= 4 is 6.29 Å². The molecule has 0 aromatic heterocycles. The number of rotatable bonds is 16. The van der Waals surface area contributed by atoms with Crippen LogP contribution in [0, 0.1) is 10.1 Å². The fraction of sp³-hybridized carbons (Fsp3) is 0.833. The maximum atomic E-state index is 11.0. The smallest absolute Gasteiger partial charge is 0.231 e. The van der Waals surface area contributed by atoms with Crippen LogP contribution in [0.15, 0.2) is 12.2 Å². The van der Waals surface area contributed by atoms with Crippen molar-refractivity contribution in [2.24, 2.45) is 0 Å². The third kappa shape index (κ3) is 13.8. The number of allylic oxidation sites excluding steroid dienone is 1. The largest absolute Gasteiger partial charge is 0.303 e. The number of hydrogen-bond acceptors (Lipinski definition) is 3. The van der Waals surface area contributed by atoms with E-state index in [4.69, 9.17) is 0 Å². The molecule has 4 nitrogen and oxygen atoms in total. The number of aldehydes is 1. The lowest BCUT2D eigenvalue weighted by atomic mass is 10.0. The molecule has 0 radical (unpaired) electrons. The number of unbranched alkanes of at least 4 members (excludes halogenated alkanes) is 10. The molecule has 0 rings (SSSR count). The molecular formula is C18H33NO3. The molecule has 0 aliphatic rings. The molecular weight excluding hydrogens is 278 g/mol. The van der Waals surface area contributed by atoms with Crippen LogP contribution in [0.2, 0.25) is 0 Å².